The maximum atomic E-state index is 3.64. The Morgan fingerprint density at radius 1 is 1.05 bits per heavy atom. The van der Waals surface area contributed by atoms with Gasteiger partial charge in [-0.25, -0.2) is 0 Å². The van der Waals surface area contributed by atoms with Crippen LogP contribution in [0.5, 0.6) is 0 Å². The summed E-state index contributed by atoms with van der Waals surface area (Å²) in [6.07, 6.45) is 16.1. The van der Waals surface area contributed by atoms with Crippen molar-refractivity contribution >= 4 is 0 Å². The van der Waals surface area contributed by atoms with Crippen LogP contribution in [-0.4, -0.2) is 36.6 Å². The quantitative estimate of drug-likeness (QED) is 0.740. The number of nitrogens with one attached hydrogen (secondary N) is 1. The molecule has 2 saturated carbocycles. The Bertz CT molecular complexity index is 282. The average Bonchev–Trinajstić information content (AvgIpc) is 3.29. The fourth-order valence-corrected chi connectivity index (χ4v) is 4.41. The summed E-state index contributed by atoms with van der Waals surface area (Å²) in [6.45, 7) is 6.44. The molecule has 1 unspecified atom stereocenters. The average molecular weight is 278 g/mol. The van der Waals surface area contributed by atoms with Crippen molar-refractivity contribution in [1.29, 1.82) is 0 Å². The first-order valence-electron chi connectivity index (χ1n) is 9.25. The van der Waals surface area contributed by atoms with Gasteiger partial charge in [-0.2, -0.15) is 0 Å². The van der Waals surface area contributed by atoms with Crippen LogP contribution >= 0.6 is 0 Å². The maximum absolute atomic E-state index is 3.64. The molecule has 0 amide bonds. The van der Waals surface area contributed by atoms with E-state index in [9.17, 15) is 0 Å². The Kier molecular flexibility index (Phi) is 5.04. The molecule has 0 aromatic heterocycles. The van der Waals surface area contributed by atoms with Gasteiger partial charge < -0.3 is 10.2 Å². The second-order valence-corrected chi connectivity index (χ2v) is 7.82. The molecule has 0 aromatic carbocycles. The summed E-state index contributed by atoms with van der Waals surface area (Å²) in [5, 5.41) is 3.64. The normalized spacial score (nSPS) is 28.6. The molecule has 1 aliphatic heterocycles. The summed E-state index contributed by atoms with van der Waals surface area (Å²) in [5.41, 5.74) is 0.766. The minimum atomic E-state index is 0.766. The van der Waals surface area contributed by atoms with E-state index < -0.39 is 0 Å². The minimum absolute atomic E-state index is 0.766. The van der Waals surface area contributed by atoms with E-state index in [2.05, 4.69) is 17.1 Å². The summed E-state index contributed by atoms with van der Waals surface area (Å²) >= 11 is 0. The third-order valence-corrected chi connectivity index (χ3v) is 6.21. The summed E-state index contributed by atoms with van der Waals surface area (Å²) < 4.78 is 0. The second-order valence-electron chi connectivity index (χ2n) is 7.82. The van der Waals surface area contributed by atoms with Gasteiger partial charge in [-0.05, 0) is 83.3 Å². The topological polar surface area (TPSA) is 15.3 Å². The molecule has 0 radical (unpaired) electrons. The van der Waals surface area contributed by atoms with Gasteiger partial charge in [-0.1, -0.05) is 19.3 Å². The molecule has 0 bridgehead atoms. The molecule has 2 heteroatoms. The predicted octanol–water partition coefficient (Wildman–Crippen LogP) is 3.95. The van der Waals surface area contributed by atoms with Crippen LogP contribution in [0.4, 0.5) is 0 Å². The van der Waals surface area contributed by atoms with Gasteiger partial charge in [-0.3, -0.25) is 0 Å². The van der Waals surface area contributed by atoms with Crippen LogP contribution in [0.15, 0.2) is 0 Å². The van der Waals surface area contributed by atoms with Crippen molar-refractivity contribution in [3.8, 4) is 0 Å². The number of rotatable bonds is 6. The molecule has 1 spiro atoms. The lowest BCUT2D eigenvalue weighted by molar-refractivity contribution is 0.0467. The molecule has 0 aromatic rings. The lowest BCUT2D eigenvalue weighted by Crippen LogP contribution is -2.45. The van der Waals surface area contributed by atoms with E-state index in [1.165, 1.54) is 90.3 Å². The SMILES string of the molecule is CC(CCCNC1CC1)N1CCC2(CCCCC2)CC1. The Labute approximate surface area is 125 Å². The number of hydrogen-bond acceptors (Lipinski definition) is 2. The van der Waals surface area contributed by atoms with Crippen LogP contribution in [0, 0.1) is 5.41 Å². The van der Waals surface area contributed by atoms with Crippen molar-refractivity contribution in [3.63, 3.8) is 0 Å². The molecule has 116 valence electrons. The molecular weight excluding hydrogens is 244 g/mol. The second kappa shape index (κ2) is 6.79. The van der Waals surface area contributed by atoms with Crippen molar-refractivity contribution in [1.82, 2.24) is 10.2 Å². The van der Waals surface area contributed by atoms with E-state index in [-0.39, 0.29) is 0 Å². The van der Waals surface area contributed by atoms with Crippen LogP contribution in [0.3, 0.4) is 0 Å². The van der Waals surface area contributed by atoms with Gasteiger partial charge in [0.15, 0.2) is 0 Å². The molecule has 20 heavy (non-hydrogen) atoms. The monoisotopic (exact) mass is 278 g/mol. The first-order chi connectivity index (χ1) is 9.77. The predicted molar refractivity (Wildman–Crippen MR) is 86.0 cm³/mol. The van der Waals surface area contributed by atoms with E-state index in [4.69, 9.17) is 0 Å². The molecule has 3 rings (SSSR count). The lowest BCUT2D eigenvalue weighted by Gasteiger charge is -2.46. The molecule has 3 fully saturated rings. The molecule has 1 N–H and O–H groups in total. The third-order valence-electron chi connectivity index (χ3n) is 6.21. The fraction of sp³-hybridized carbons (Fsp3) is 1.00. The zero-order valence-electron chi connectivity index (χ0n) is 13.5. The maximum Gasteiger partial charge on any atom is 0.00682 e. The van der Waals surface area contributed by atoms with Crippen molar-refractivity contribution in [3.05, 3.63) is 0 Å². The highest BCUT2D eigenvalue weighted by Gasteiger charge is 2.36. The Hall–Kier alpha value is -0.0800. The first kappa shape index (κ1) is 14.8. The third kappa shape index (κ3) is 3.98. The zero-order chi connectivity index (χ0) is 13.8. The molecular formula is C18H34N2. The van der Waals surface area contributed by atoms with Crippen molar-refractivity contribution in [2.75, 3.05) is 19.6 Å². The van der Waals surface area contributed by atoms with Crippen molar-refractivity contribution in [2.45, 2.75) is 89.6 Å². The van der Waals surface area contributed by atoms with Gasteiger partial charge in [0.2, 0.25) is 0 Å². The molecule has 1 saturated heterocycles. The number of piperidine rings is 1. The molecule has 2 aliphatic carbocycles. The highest BCUT2D eigenvalue weighted by atomic mass is 15.2. The number of likely N-dealkylation sites (tertiary alicyclic amines) is 1. The highest BCUT2D eigenvalue weighted by molar-refractivity contribution is 4.89. The Morgan fingerprint density at radius 3 is 2.40 bits per heavy atom. The Morgan fingerprint density at radius 2 is 1.75 bits per heavy atom. The largest absolute Gasteiger partial charge is 0.314 e. The zero-order valence-corrected chi connectivity index (χ0v) is 13.5. The molecule has 2 nitrogen and oxygen atoms in total. The van der Waals surface area contributed by atoms with E-state index in [1.54, 1.807) is 0 Å². The number of hydrogen-bond donors (Lipinski definition) is 1. The molecule has 3 aliphatic rings. The van der Waals surface area contributed by atoms with E-state index in [0.29, 0.717) is 0 Å². The van der Waals surface area contributed by atoms with Gasteiger partial charge in [0, 0.05) is 12.1 Å². The van der Waals surface area contributed by atoms with Crippen molar-refractivity contribution < 1.29 is 0 Å². The van der Waals surface area contributed by atoms with Gasteiger partial charge in [0.05, 0.1) is 0 Å². The van der Waals surface area contributed by atoms with E-state index in [1.807, 2.05) is 0 Å². The van der Waals surface area contributed by atoms with Crippen LogP contribution in [0.25, 0.3) is 0 Å². The van der Waals surface area contributed by atoms with Crippen molar-refractivity contribution in [2.24, 2.45) is 5.41 Å². The van der Waals surface area contributed by atoms with Gasteiger partial charge >= 0.3 is 0 Å². The van der Waals surface area contributed by atoms with Crippen LogP contribution < -0.4 is 5.32 Å². The fourth-order valence-electron chi connectivity index (χ4n) is 4.41. The standard InChI is InChI=1S/C18H34N2/c1-16(6-5-13-19-17-7-8-17)20-14-11-18(12-15-20)9-3-2-4-10-18/h16-17,19H,2-15H2,1H3. The molecule has 1 atom stereocenters. The van der Waals surface area contributed by atoms with Crippen LogP contribution in [0.2, 0.25) is 0 Å². The molecule has 1 heterocycles. The van der Waals surface area contributed by atoms with Gasteiger partial charge in [0.1, 0.15) is 0 Å². The van der Waals surface area contributed by atoms with E-state index >= 15 is 0 Å². The first-order valence-corrected chi connectivity index (χ1v) is 9.25. The Balaban J connectivity index is 1.33. The smallest absolute Gasteiger partial charge is 0.00682 e. The minimum Gasteiger partial charge on any atom is -0.314 e. The van der Waals surface area contributed by atoms with E-state index in [0.717, 1.165) is 17.5 Å². The van der Waals surface area contributed by atoms with Gasteiger partial charge in [0.25, 0.3) is 0 Å². The van der Waals surface area contributed by atoms with Crippen LogP contribution in [-0.2, 0) is 0 Å². The summed E-state index contributed by atoms with van der Waals surface area (Å²) in [4.78, 5) is 2.77. The van der Waals surface area contributed by atoms with Gasteiger partial charge in [-0.15, -0.1) is 0 Å². The lowest BCUT2D eigenvalue weighted by atomic mass is 9.68. The van der Waals surface area contributed by atoms with Crippen LogP contribution in [0.1, 0.15) is 77.6 Å². The number of nitrogens with zero attached hydrogens (tertiary/aromatic N) is 1. The summed E-state index contributed by atoms with van der Waals surface area (Å²) in [5.74, 6) is 0. The summed E-state index contributed by atoms with van der Waals surface area (Å²) in [6, 6.07) is 1.68. The summed E-state index contributed by atoms with van der Waals surface area (Å²) in [7, 11) is 0. The highest BCUT2D eigenvalue weighted by Crippen LogP contribution is 2.44.